The maximum Gasteiger partial charge on any atom is 0.222 e. The molecule has 0 radical (unpaired) electrons. The summed E-state index contributed by atoms with van der Waals surface area (Å²) in [5.41, 5.74) is 8.74. The van der Waals surface area contributed by atoms with Gasteiger partial charge in [-0.25, -0.2) is 0 Å². The molecule has 2 N–H and O–H groups in total. The number of carbonyl (C=O) groups is 2. The first-order chi connectivity index (χ1) is 15.8. The van der Waals surface area contributed by atoms with Crippen molar-refractivity contribution in [1.82, 2.24) is 4.90 Å². The number of likely N-dealkylation sites (N-methyl/N-ethyl adjacent to an activating group) is 1. The van der Waals surface area contributed by atoms with Crippen molar-refractivity contribution in [3.05, 3.63) is 71.8 Å². The second kappa shape index (κ2) is 13.3. The number of nitrogens with two attached hydrogens (primary N) is 1. The number of rotatable bonds is 13. The molecule has 178 valence electrons. The van der Waals surface area contributed by atoms with Gasteiger partial charge >= 0.3 is 0 Å². The Morgan fingerprint density at radius 2 is 1.70 bits per heavy atom. The molecular formula is C27H37N3O3. The molecule has 0 saturated carbocycles. The highest BCUT2D eigenvalue weighted by Gasteiger charge is 2.15. The van der Waals surface area contributed by atoms with Crippen LogP contribution in [-0.2, 0) is 16.2 Å². The van der Waals surface area contributed by atoms with E-state index in [1.54, 1.807) is 18.9 Å². The molecule has 0 aliphatic rings. The Morgan fingerprint density at radius 1 is 1.03 bits per heavy atom. The molecule has 0 fully saturated rings. The molecule has 1 unspecified atom stereocenters. The van der Waals surface area contributed by atoms with E-state index >= 15 is 0 Å². The van der Waals surface area contributed by atoms with Gasteiger partial charge in [-0.1, -0.05) is 48.9 Å². The van der Waals surface area contributed by atoms with Crippen LogP contribution >= 0.6 is 0 Å². The van der Waals surface area contributed by atoms with Crippen LogP contribution in [0.2, 0.25) is 0 Å². The van der Waals surface area contributed by atoms with Crippen LogP contribution in [0, 0.1) is 5.92 Å². The van der Waals surface area contributed by atoms with E-state index in [4.69, 9.17) is 10.5 Å². The lowest BCUT2D eigenvalue weighted by Crippen LogP contribution is -2.37. The Bertz CT molecular complexity index is 906. The minimum Gasteiger partial charge on any atom is -0.489 e. The summed E-state index contributed by atoms with van der Waals surface area (Å²) in [6, 6.07) is 18.1. The van der Waals surface area contributed by atoms with Crippen molar-refractivity contribution in [1.29, 1.82) is 0 Å². The molecule has 0 saturated heterocycles. The predicted octanol–water partition coefficient (Wildman–Crippen LogP) is 4.40. The highest BCUT2D eigenvalue weighted by molar-refractivity contribution is 5.79. The zero-order valence-electron chi connectivity index (χ0n) is 20.3. The van der Waals surface area contributed by atoms with Crippen LogP contribution in [0.4, 0.5) is 5.69 Å². The molecule has 6 nitrogen and oxygen atoms in total. The molecule has 0 bridgehead atoms. The third-order valence-electron chi connectivity index (χ3n) is 5.58. The number of carbonyl (C=O) groups excluding carboxylic acids is 2. The van der Waals surface area contributed by atoms with Crippen molar-refractivity contribution in [3.63, 3.8) is 0 Å². The van der Waals surface area contributed by atoms with Gasteiger partial charge in [-0.3, -0.25) is 9.59 Å². The molecule has 2 aromatic carbocycles. The molecule has 2 rings (SSSR count). The number of primary amides is 1. The van der Waals surface area contributed by atoms with Crippen LogP contribution < -0.4 is 15.4 Å². The number of hydrogen-bond donors (Lipinski definition) is 1. The summed E-state index contributed by atoms with van der Waals surface area (Å²) in [6.45, 7) is 8.48. The van der Waals surface area contributed by atoms with Gasteiger partial charge in [-0.05, 0) is 50.1 Å². The Morgan fingerprint density at radius 3 is 2.30 bits per heavy atom. The molecule has 0 aliphatic heterocycles. The van der Waals surface area contributed by atoms with Crippen molar-refractivity contribution in [2.45, 2.75) is 40.2 Å². The Hall–Kier alpha value is -3.28. The van der Waals surface area contributed by atoms with E-state index in [2.05, 4.69) is 37.0 Å². The van der Waals surface area contributed by atoms with Crippen molar-refractivity contribution < 1.29 is 14.3 Å². The molecule has 0 aliphatic carbocycles. The van der Waals surface area contributed by atoms with Crippen molar-refractivity contribution in [2.75, 3.05) is 31.6 Å². The Balaban J connectivity index is 1.95. The van der Waals surface area contributed by atoms with Gasteiger partial charge in [0.25, 0.3) is 0 Å². The fourth-order valence-electron chi connectivity index (χ4n) is 3.18. The maximum absolute atomic E-state index is 12.4. The largest absolute Gasteiger partial charge is 0.489 e. The minimum absolute atomic E-state index is 0.0231. The number of anilines is 1. The van der Waals surface area contributed by atoms with Crippen molar-refractivity contribution in [3.8, 4) is 5.75 Å². The highest BCUT2D eigenvalue weighted by Crippen LogP contribution is 2.21. The quantitative estimate of drug-likeness (QED) is 0.458. The molecular weight excluding hydrogens is 414 g/mol. The van der Waals surface area contributed by atoms with E-state index in [1.165, 1.54) is 5.57 Å². The topological polar surface area (TPSA) is 75.9 Å². The van der Waals surface area contributed by atoms with E-state index in [0.717, 1.165) is 23.5 Å². The standard InChI is InChI=1S/C27H37N3O3/c1-21(2)16-17-30(19-18-29(4)26(31)15-10-22(3)27(28)32)24-11-13-25(14-12-24)33-20-23-8-6-5-7-9-23/h5-9,11-14,16,22H,10,15,17-20H2,1-4H3,(H2,28,32). The van der Waals surface area contributed by atoms with Crippen LogP contribution in [0.15, 0.2) is 66.2 Å². The fraction of sp³-hybridized carbons (Fsp3) is 0.407. The third kappa shape index (κ3) is 9.39. The van der Waals surface area contributed by atoms with Crippen LogP contribution in [0.5, 0.6) is 5.75 Å². The first kappa shape index (κ1) is 26.0. The van der Waals surface area contributed by atoms with Gasteiger partial charge in [0.1, 0.15) is 12.4 Å². The zero-order valence-corrected chi connectivity index (χ0v) is 20.3. The van der Waals surface area contributed by atoms with E-state index in [1.807, 2.05) is 42.5 Å². The van der Waals surface area contributed by atoms with Crippen LogP contribution in [0.3, 0.4) is 0 Å². The average Bonchev–Trinajstić information content (AvgIpc) is 2.81. The van der Waals surface area contributed by atoms with E-state index < -0.39 is 0 Å². The molecule has 2 aromatic rings. The van der Waals surface area contributed by atoms with Gasteiger partial charge in [0, 0.05) is 44.7 Å². The fourth-order valence-corrected chi connectivity index (χ4v) is 3.18. The van der Waals surface area contributed by atoms with E-state index in [0.29, 0.717) is 32.5 Å². The predicted molar refractivity (Wildman–Crippen MR) is 134 cm³/mol. The van der Waals surface area contributed by atoms with E-state index in [9.17, 15) is 9.59 Å². The maximum atomic E-state index is 12.4. The summed E-state index contributed by atoms with van der Waals surface area (Å²) in [5, 5.41) is 0. The van der Waals surface area contributed by atoms with Gasteiger partial charge in [-0.2, -0.15) is 0 Å². The molecule has 1 atom stereocenters. The lowest BCUT2D eigenvalue weighted by atomic mass is 10.0. The summed E-state index contributed by atoms with van der Waals surface area (Å²) < 4.78 is 5.90. The smallest absolute Gasteiger partial charge is 0.222 e. The number of nitrogens with zero attached hydrogens (tertiary/aromatic N) is 2. The summed E-state index contributed by atoms with van der Waals surface area (Å²) in [4.78, 5) is 27.6. The summed E-state index contributed by atoms with van der Waals surface area (Å²) in [5.74, 6) is 0.184. The van der Waals surface area contributed by atoms with Gasteiger partial charge < -0.3 is 20.3 Å². The van der Waals surface area contributed by atoms with Crippen LogP contribution in [0.25, 0.3) is 0 Å². The highest BCUT2D eigenvalue weighted by atomic mass is 16.5. The third-order valence-corrected chi connectivity index (χ3v) is 5.58. The number of allylic oxidation sites excluding steroid dienone is 1. The molecule has 2 amide bonds. The Kier molecular flexibility index (Phi) is 10.5. The molecule has 6 heteroatoms. The molecule has 0 aromatic heterocycles. The lowest BCUT2D eigenvalue weighted by molar-refractivity contribution is -0.130. The second-order valence-electron chi connectivity index (χ2n) is 8.65. The normalized spacial score (nSPS) is 11.4. The van der Waals surface area contributed by atoms with E-state index in [-0.39, 0.29) is 17.7 Å². The van der Waals surface area contributed by atoms with Crippen molar-refractivity contribution in [2.24, 2.45) is 11.7 Å². The Labute approximate surface area is 198 Å². The minimum atomic E-state index is -0.366. The monoisotopic (exact) mass is 451 g/mol. The lowest BCUT2D eigenvalue weighted by Gasteiger charge is -2.27. The molecule has 0 spiro atoms. The second-order valence-corrected chi connectivity index (χ2v) is 8.65. The van der Waals surface area contributed by atoms with Crippen LogP contribution in [-0.4, -0.2) is 43.4 Å². The number of hydrogen-bond acceptors (Lipinski definition) is 4. The number of benzene rings is 2. The van der Waals surface area contributed by atoms with Gasteiger partial charge in [0.15, 0.2) is 0 Å². The first-order valence-corrected chi connectivity index (χ1v) is 11.4. The summed E-state index contributed by atoms with van der Waals surface area (Å²) in [7, 11) is 1.80. The average molecular weight is 452 g/mol. The zero-order chi connectivity index (χ0) is 24.2. The molecule has 0 heterocycles. The number of ether oxygens (including phenoxy) is 1. The van der Waals surface area contributed by atoms with Gasteiger partial charge in [-0.15, -0.1) is 0 Å². The van der Waals surface area contributed by atoms with Gasteiger partial charge in [0.2, 0.25) is 11.8 Å². The SMILES string of the molecule is CC(C)=CCN(CCN(C)C(=O)CCC(C)C(N)=O)c1ccc(OCc2ccccc2)cc1. The summed E-state index contributed by atoms with van der Waals surface area (Å²) in [6.07, 6.45) is 2.97. The van der Waals surface area contributed by atoms with Crippen molar-refractivity contribution >= 4 is 17.5 Å². The summed E-state index contributed by atoms with van der Waals surface area (Å²) >= 11 is 0. The van der Waals surface area contributed by atoms with Gasteiger partial charge in [0.05, 0.1) is 0 Å². The molecule has 33 heavy (non-hydrogen) atoms. The van der Waals surface area contributed by atoms with Crippen LogP contribution in [0.1, 0.15) is 39.2 Å². The first-order valence-electron chi connectivity index (χ1n) is 11.4. The number of amides is 2.